The van der Waals surface area contributed by atoms with Crippen molar-refractivity contribution < 1.29 is 33.6 Å². The molecular weight excluding hydrogens is 991 g/mol. The molecule has 8 rings (SSSR count). The Balaban J connectivity index is 1.02. The highest BCUT2D eigenvalue weighted by Gasteiger charge is 2.34. The van der Waals surface area contributed by atoms with Crippen LogP contribution in [0.3, 0.4) is 0 Å². The van der Waals surface area contributed by atoms with Crippen LogP contribution in [0.25, 0.3) is 11.6 Å². The number of carbonyl (C=O) groups is 7. The molecule has 7 aromatic carbocycles. The molecule has 0 saturated carbocycles. The molecule has 7 N–H and O–H groups in total. The lowest BCUT2D eigenvalue weighted by molar-refractivity contribution is -0.135. The summed E-state index contributed by atoms with van der Waals surface area (Å²) in [4.78, 5) is 101. The number of allylic oxidation sites excluding steroid dienone is 1. The number of para-hydroxylation sites is 1. The summed E-state index contributed by atoms with van der Waals surface area (Å²) >= 11 is 0. The molecule has 0 saturated heterocycles. The van der Waals surface area contributed by atoms with Crippen LogP contribution in [-0.4, -0.2) is 71.6 Å². The van der Waals surface area contributed by atoms with Crippen LogP contribution in [0.15, 0.2) is 200 Å². The maximum atomic E-state index is 14.9. The summed E-state index contributed by atoms with van der Waals surface area (Å²) in [6.07, 6.45) is 1.89. The molecule has 7 aromatic rings. The van der Waals surface area contributed by atoms with E-state index in [1.165, 1.54) is 0 Å². The Morgan fingerprint density at radius 1 is 0.418 bits per heavy atom. The van der Waals surface area contributed by atoms with Crippen molar-refractivity contribution in [1.82, 2.24) is 26.6 Å². The molecule has 7 amide bonds. The van der Waals surface area contributed by atoms with E-state index in [-0.39, 0.29) is 50.9 Å². The Kier molecular flexibility index (Phi) is 19.5. The third-order valence-electron chi connectivity index (χ3n) is 13.9. The summed E-state index contributed by atoms with van der Waals surface area (Å²) in [5, 5.41) is 14.3. The number of carbonyl (C=O) groups excluding carboxylic acids is 7. The summed E-state index contributed by atoms with van der Waals surface area (Å²) in [6.45, 7) is 2.34. The maximum absolute atomic E-state index is 14.9. The van der Waals surface area contributed by atoms with Crippen molar-refractivity contribution >= 4 is 58.7 Å². The van der Waals surface area contributed by atoms with Gasteiger partial charge in [-0.05, 0) is 69.1 Å². The number of fused-ring (bicyclic) bond motifs is 2. The van der Waals surface area contributed by atoms with E-state index in [9.17, 15) is 33.6 Å². The number of nitrogens with two attached hydrogens (primary N) is 1. The molecule has 0 fully saturated rings. The molecular formula is C65H65N7O7. The van der Waals surface area contributed by atoms with E-state index >= 15 is 0 Å². The number of amides is 7. The van der Waals surface area contributed by atoms with Gasteiger partial charge in [-0.1, -0.05) is 194 Å². The Hall–Kier alpha value is -9.43. The van der Waals surface area contributed by atoms with Gasteiger partial charge >= 0.3 is 0 Å². The normalized spacial score (nSPS) is 14.3. The van der Waals surface area contributed by atoms with Gasteiger partial charge in [0.2, 0.25) is 41.4 Å². The lowest BCUT2D eigenvalue weighted by atomic mass is 9.95. The van der Waals surface area contributed by atoms with Crippen molar-refractivity contribution in [2.75, 3.05) is 4.90 Å². The molecule has 0 aliphatic carbocycles. The molecule has 14 heteroatoms. The predicted octanol–water partition coefficient (Wildman–Crippen LogP) is 7.00. The summed E-state index contributed by atoms with van der Waals surface area (Å²) in [6, 6.07) is 54.9. The van der Waals surface area contributed by atoms with E-state index in [0.29, 0.717) is 17.7 Å². The van der Waals surface area contributed by atoms with Crippen molar-refractivity contribution in [3.8, 4) is 0 Å². The van der Waals surface area contributed by atoms with Gasteiger partial charge < -0.3 is 37.2 Å². The highest BCUT2D eigenvalue weighted by molar-refractivity contribution is 6.00. The van der Waals surface area contributed by atoms with E-state index in [0.717, 1.165) is 44.6 Å². The lowest BCUT2D eigenvalue weighted by Crippen LogP contribution is -2.60. The quantitative estimate of drug-likeness (QED) is 0.0395. The van der Waals surface area contributed by atoms with Crippen molar-refractivity contribution in [3.63, 3.8) is 0 Å². The zero-order chi connectivity index (χ0) is 55.5. The van der Waals surface area contributed by atoms with Crippen molar-refractivity contribution in [1.29, 1.82) is 0 Å². The van der Waals surface area contributed by atoms with E-state index in [1.54, 1.807) is 53.4 Å². The number of hydrogen-bond donors (Lipinski definition) is 6. The zero-order valence-corrected chi connectivity index (χ0v) is 44.1. The smallest absolute Gasteiger partial charge is 0.243 e. The predicted molar refractivity (Wildman–Crippen MR) is 306 cm³/mol. The molecule has 79 heavy (non-hydrogen) atoms. The van der Waals surface area contributed by atoms with Gasteiger partial charge in [0.1, 0.15) is 30.2 Å². The second kappa shape index (κ2) is 27.6. The van der Waals surface area contributed by atoms with Gasteiger partial charge in [-0.15, -0.1) is 0 Å². The fourth-order valence-corrected chi connectivity index (χ4v) is 9.71. The van der Waals surface area contributed by atoms with E-state index < -0.39 is 65.7 Å². The van der Waals surface area contributed by atoms with Gasteiger partial charge in [-0.25, -0.2) is 0 Å². The average molecular weight is 1060 g/mol. The first-order chi connectivity index (χ1) is 38.4. The van der Waals surface area contributed by atoms with Crippen molar-refractivity contribution in [2.24, 2.45) is 5.73 Å². The van der Waals surface area contributed by atoms with Crippen LogP contribution < -0.4 is 37.2 Å². The Labute approximate surface area is 460 Å². The fourth-order valence-electron chi connectivity index (χ4n) is 9.71. The first kappa shape index (κ1) is 55.8. The van der Waals surface area contributed by atoms with Gasteiger partial charge in [0.25, 0.3) is 0 Å². The summed E-state index contributed by atoms with van der Waals surface area (Å²) < 4.78 is 0. The molecule has 5 unspecified atom stereocenters. The summed E-state index contributed by atoms with van der Waals surface area (Å²) in [5.74, 6) is -4.30. The highest BCUT2D eigenvalue weighted by atomic mass is 16.2. The number of nitrogens with zero attached hydrogens (tertiary/aromatic N) is 1. The molecule has 1 aliphatic heterocycles. The maximum Gasteiger partial charge on any atom is 0.243 e. The zero-order valence-electron chi connectivity index (χ0n) is 44.1. The van der Waals surface area contributed by atoms with Gasteiger partial charge in [0, 0.05) is 44.9 Å². The molecule has 5 atom stereocenters. The summed E-state index contributed by atoms with van der Waals surface area (Å²) in [7, 11) is 0. The molecule has 0 radical (unpaired) electrons. The number of benzene rings is 7. The van der Waals surface area contributed by atoms with Crippen LogP contribution in [0.2, 0.25) is 0 Å². The van der Waals surface area contributed by atoms with Crippen LogP contribution in [-0.2, 0) is 72.2 Å². The van der Waals surface area contributed by atoms with Crippen LogP contribution in [0, 0.1) is 0 Å². The Morgan fingerprint density at radius 3 is 1.18 bits per heavy atom. The fraction of sp³-hybridized carbons (Fsp3) is 0.215. The van der Waals surface area contributed by atoms with Crippen LogP contribution in [0.1, 0.15) is 64.3 Å². The molecule has 0 spiro atoms. The Bertz CT molecular complexity index is 3250. The molecule has 0 aromatic heterocycles. The first-order valence-corrected chi connectivity index (χ1v) is 26.5. The molecule has 1 heterocycles. The molecule has 0 bridgehead atoms. The summed E-state index contributed by atoms with van der Waals surface area (Å²) in [5.41, 5.74) is 14.1. The number of rotatable bonds is 23. The minimum absolute atomic E-state index is 0.000708. The molecule has 402 valence electrons. The Morgan fingerprint density at radius 2 is 0.759 bits per heavy atom. The topological polar surface area (TPSA) is 209 Å². The highest BCUT2D eigenvalue weighted by Crippen LogP contribution is 2.33. The van der Waals surface area contributed by atoms with Gasteiger partial charge in [0.05, 0.1) is 12.2 Å². The minimum Gasteiger partial charge on any atom is -0.368 e. The molecule has 14 nitrogen and oxygen atoms in total. The second-order valence-electron chi connectivity index (χ2n) is 19.7. The van der Waals surface area contributed by atoms with Gasteiger partial charge in [-0.3, -0.25) is 33.6 Å². The second-order valence-corrected chi connectivity index (χ2v) is 19.7. The average Bonchev–Trinajstić information content (AvgIpc) is 3.47. The van der Waals surface area contributed by atoms with E-state index in [2.05, 4.69) is 32.7 Å². The lowest BCUT2D eigenvalue weighted by Gasteiger charge is -2.28. The van der Waals surface area contributed by atoms with Crippen LogP contribution >= 0.6 is 0 Å². The number of anilines is 1. The van der Waals surface area contributed by atoms with E-state index in [1.807, 2.05) is 159 Å². The molecule has 1 aliphatic rings. The van der Waals surface area contributed by atoms with Gasteiger partial charge in [0.15, 0.2) is 0 Å². The van der Waals surface area contributed by atoms with Crippen LogP contribution in [0.5, 0.6) is 0 Å². The third-order valence-corrected chi connectivity index (χ3v) is 13.9. The largest absolute Gasteiger partial charge is 0.368 e. The van der Waals surface area contributed by atoms with Crippen molar-refractivity contribution in [3.05, 3.63) is 245 Å². The third kappa shape index (κ3) is 16.1. The number of primary amides is 1. The first-order valence-electron chi connectivity index (χ1n) is 26.5. The standard InChI is InChI=1S/C65H65N7O7/c1-44-37-50-31-18-20-34-58(50)72(43-51-32-17-19-33-52(44)51)60(74)36-35-59(73)67-54(39-46-23-9-3-10-24-46)62(76)69-56(41-48-27-13-5-14-28-48)64(78)71-57(42-49-29-15-6-16-30-49)65(79)70-55(40-47-25-11-4-12-26-47)63(77)68-53(61(66)75)38-45-21-7-2-8-22-45/h2-34,37,53-57H,35-36,38-43H2,1H3,(H2,66,75)(H,67,73)(H,68,77)(H,69,76)(H,70,79)(H,71,78)/b44-37-. The van der Waals surface area contributed by atoms with E-state index in [4.69, 9.17) is 5.73 Å². The number of hydrogen-bond acceptors (Lipinski definition) is 7. The minimum atomic E-state index is -1.28. The monoisotopic (exact) mass is 1060 g/mol. The van der Waals surface area contributed by atoms with Gasteiger partial charge in [-0.2, -0.15) is 0 Å². The van der Waals surface area contributed by atoms with Crippen LogP contribution in [0.4, 0.5) is 5.69 Å². The SMILES string of the molecule is C/C1=C/c2ccccc2N(C(=O)CCC(=O)NC(Cc2ccccc2)C(=O)NC(Cc2ccccc2)C(=O)NC(Cc2ccccc2)C(=O)NC(Cc2ccccc2)C(=O)NC(Cc2ccccc2)C(N)=O)Cc2ccccc21. The van der Waals surface area contributed by atoms with Crippen molar-refractivity contribution in [2.45, 2.75) is 88.6 Å². The number of nitrogens with one attached hydrogen (secondary N) is 5.